The average molecular weight is 502 g/mol. The Hall–Kier alpha value is -3.25. The van der Waals surface area contributed by atoms with Crippen molar-refractivity contribution < 1.29 is 27.8 Å². The highest BCUT2D eigenvalue weighted by Crippen LogP contribution is 2.24. The van der Waals surface area contributed by atoms with Gasteiger partial charge in [-0.05, 0) is 42.7 Å². The molecule has 1 amide bonds. The number of carbonyl (C=O) groups is 2. The number of alkyl halides is 2. The maximum atomic E-state index is 14.6. The lowest BCUT2D eigenvalue weighted by atomic mass is 10.0. The number of rotatable bonds is 8. The van der Waals surface area contributed by atoms with E-state index in [-0.39, 0.29) is 41.1 Å². The van der Waals surface area contributed by atoms with E-state index in [2.05, 4.69) is 4.90 Å². The molecular weight excluding hydrogens is 468 g/mol. The van der Waals surface area contributed by atoms with Gasteiger partial charge in [-0.2, -0.15) is 5.26 Å². The number of halogens is 2. The Morgan fingerprint density at radius 2 is 2.08 bits per heavy atom. The zero-order valence-electron chi connectivity index (χ0n) is 21.0. The third-order valence-corrected chi connectivity index (χ3v) is 6.72. The molecule has 2 aliphatic heterocycles. The summed E-state index contributed by atoms with van der Waals surface area (Å²) >= 11 is 0. The van der Waals surface area contributed by atoms with E-state index in [1.165, 1.54) is 32.3 Å². The molecule has 2 fully saturated rings. The average Bonchev–Trinajstić information content (AvgIpc) is 3.10. The van der Waals surface area contributed by atoms with Crippen molar-refractivity contribution in [3.8, 4) is 6.07 Å². The number of nitrogens with zero attached hydrogens (tertiary/aromatic N) is 3. The quantitative estimate of drug-likeness (QED) is 0.374. The van der Waals surface area contributed by atoms with Crippen molar-refractivity contribution in [3.63, 3.8) is 0 Å². The first kappa shape index (κ1) is 27.3. The first-order valence-corrected chi connectivity index (χ1v) is 12.2. The highest BCUT2D eigenvalue weighted by molar-refractivity contribution is 5.91. The molecule has 3 rings (SSSR count). The number of esters is 1. The minimum absolute atomic E-state index is 0.00140. The molecule has 3 aliphatic rings. The lowest BCUT2D eigenvalue weighted by Crippen LogP contribution is -2.49. The van der Waals surface area contributed by atoms with Crippen LogP contribution in [0.25, 0.3) is 0 Å². The van der Waals surface area contributed by atoms with Gasteiger partial charge >= 0.3 is 5.97 Å². The summed E-state index contributed by atoms with van der Waals surface area (Å²) in [7, 11) is 1.40. The highest BCUT2D eigenvalue weighted by Gasteiger charge is 2.27. The van der Waals surface area contributed by atoms with Gasteiger partial charge in [-0.25, -0.2) is 13.6 Å². The van der Waals surface area contributed by atoms with Gasteiger partial charge in [0, 0.05) is 44.2 Å². The van der Waals surface area contributed by atoms with E-state index in [0.29, 0.717) is 56.9 Å². The summed E-state index contributed by atoms with van der Waals surface area (Å²) in [5.74, 6) is -0.295. The van der Waals surface area contributed by atoms with Crippen LogP contribution in [-0.2, 0) is 19.1 Å². The second-order valence-electron chi connectivity index (χ2n) is 9.20. The zero-order chi connectivity index (χ0) is 26.2. The number of nitriles is 1. The molecule has 1 aliphatic carbocycles. The maximum Gasteiger partial charge on any atom is 0.334 e. The molecule has 9 heteroatoms. The van der Waals surface area contributed by atoms with Crippen LogP contribution in [0.3, 0.4) is 0 Å². The number of hydrogen-bond acceptors (Lipinski definition) is 6. The van der Waals surface area contributed by atoms with Crippen molar-refractivity contribution in [2.75, 3.05) is 46.4 Å². The second kappa shape index (κ2) is 12.6. The number of allylic oxidation sites excluding steroid dienone is 6. The van der Waals surface area contributed by atoms with Crippen molar-refractivity contribution >= 4 is 11.9 Å². The largest absolute Gasteiger partial charge is 0.495 e. The molecule has 3 atom stereocenters. The number of hydrogen-bond donors (Lipinski definition) is 0. The molecule has 0 radical (unpaired) electrons. The Balaban J connectivity index is 1.53. The van der Waals surface area contributed by atoms with E-state index in [0.717, 1.165) is 0 Å². The smallest absolute Gasteiger partial charge is 0.334 e. The fraction of sp³-hybridized carbons (Fsp3) is 0.519. The molecule has 0 saturated carbocycles. The van der Waals surface area contributed by atoms with Crippen molar-refractivity contribution in [1.82, 2.24) is 9.80 Å². The third-order valence-electron chi connectivity index (χ3n) is 6.72. The van der Waals surface area contributed by atoms with Crippen LogP contribution >= 0.6 is 0 Å². The van der Waals surface area contributed by atoms with Gasteiger partial charge < -0.3 is 14.4 Å². The Morgan fingerprint density at radius 1 is 1.36 bits per heavy atom. The minimum atomic E-state index is -1.47. The third kappa shape index (κ3) is 6.91. The molecule has 2 saturated heterocycles. The summed E-state index contributed by atoms with van der Waals surface area (Å²) in [5, 5.41) is 9.19. The molecule has 194 valence electrons. The summed E-state index contributed by atoms with van der Waals surface area (Å²) in [6.07, 6.45) is 5.22. The van der Waals surface area contributed by atoms with E-state index >= 15 is 0 Å². The standard InChI is InChI=1S/C27H33F2N3O4/c1-18-17-36-27(34)23(18)6-4-20(19(2)28)8-9-31-10-12-32(13-11-31)26(33)15-22-14-25(35-3)21(16-30)5-7-24(22)29/h4-7,14,18-19,24H,8-13,15,17H2,1-3H3/b20-4-,23-6+. The molecule has 0 aromatic rings. The maximum absolute atomic E-state index is 14.6. The summed E-state index contributed by atoms with van der Waals surface area (Å²) in [6, 6.07) is 1.96. The van der Waals surface area contributed by atoms with Crippen LogP contribution in [0.5, 0.6) is 0 Å². The first-order valence-electron chi connectivity index (χ1n) is 12.2. The Morgan fingerprint density at radius 3 is 2.67 bits per heavy atom. The molecule has 3 unspecified atom stereocenters. The summed E-state index contributed by atoms with van der Waals surface area (Å²) in [5.41, 5.74) is 1.63. The van der Waals surface area contributed by atoms with Gasteiger partial charge in [0.1, 0.15) is 24.2 Å². The summed E-state index contributed by atoms with van der Waals surface area (Å²) < 4.78 is 39.0. The Kier molecular flexibility index (Phi) is 9.59. The van der Waals surface area contributed by atoms with Gasteiger partial charge in [0.25, 0.3) is 0 Å². The zero-order valence-corrected chi connectivity index (χ0v) is 21.0. The molecule has 0 spiro atoms. The van der Waals surface area contributed by atoms with Crippen LogP contribution in [0.4, 0.5) is 8.78 Å². The highest BCUT2D eigenvalue weighted by atomic mass is 19.1. The number of ether oxygens (including phenoxy) is 2. The monoisotopic (exact) mass is 501 g/mol. The SMILES string of the molecule is COC1=C(C#N)C=CC(F)C(CC(=O)N2CCN(CC/C(=C/C=C3/C(=O)OCC3C)C(C)F)CC2)=C1. The second-order valence-corrected chi connectivity index (χ2v) is 9.20. The van der Waals surface area contributed by atoms with Crippen molar-refractivity contribution in [2.24, 2.45) is 5.92 Å². The molecular formula is C27H33F2N3O4. The Labute approximate surface area is 211 Å². The molecule has 0 N–H and O–H groups in total. The van der Waals surface area contributed by atoms with Gasteiger partial charge in [0.2, 0.25) is 5.91 Å². The number of methoxy groups -OCH3 is 1. The van der Waals surface area contributed by atoms with E-state index in [1.807, 2.05) is 13.0 Å². The molecule has 0 aromatic carbocycles. The van der Waals surface area contributed by atoms with E-state index < -0.39 is 12.3 Å². The lowest BCUT2D eigenvalue weighted by molar-refractivity contribution is -0.135. The molecule has 7 nitrogen and oxygen atoms in total. The number of cyclic esters (lactones) is 1. The number of amides is 1. The van der Waals surface area contributed by atoms with E-state index in [4.69, 9.17) is 9.47 Å². The Bertz CT molecular complexity index is 1040. The van der Waals surface area contributed by atoms with Crippen LogP contribution in [-0.4, -0.2) is 80.5 Å². The molecule has 2 heterocycles. The van der Waals surface area contributed by atoms with Crippen LogP contribution in [0.2, 0.25) is 0 Å². The lowest BCUT2D eigenvalue weighted by Gasteiger charge is -2.35. The molecule has 0 bridgehead atoms. The fourth-order valence-corrected chi connectivity index (χ4v) is 4.34. The minimum Gasteiger partial charge on any atom is -0.495 e. The first-order chi connectivity index (χ1) is 17.2. The van der Waals surface area contributed by atoms with Crippen molar-refractivity contribution in [1.29, 1.82) is 5.26 Å². The van der Waals surface area contributed by atoms with Crippen LogP contribution in [0.1, 0.15) is 26.7 Å². The van der Waals surface area contributed by atoms with E-state index in [1.54, 1.807) is 17.1 Å². The number of carbonyl (C=O) groups excluding carboxylic acids is 2. The normalized spacial score (nSPS) is 25.4. The van der Waals surface area contributed by atoms with Crippen molar-refractivity contribution in [2.45, 2.75) is 39.0 Å². The van der Waals surface area contributed by atoms with Crippen LogP contribution in [0, 0.1) is 17.2 Å². The predicted octanol–water partition coefficient (Wildman–Crippen LogP) is 3.57. The van der Waals surface area contributed by atoms with E-state index in [9.17, 15) is 23.6 Å². The van der Waals surface area contributed by atoms with Gasteiger partial charge in [-0.1, -0.05) is 19.1 Å². The van der Waals surface area contributed by atoms with Gasteiger partial charge in [-0.3, -0.25) is 9.69 Å². The fourth-order valence-electron chi connectivity index (χ4n) is 4.34. The molecule has 0 aromatic heterocycles. The van der Waals surface area contributed by atoms with Gasteiger partial charge in [0.05, 0.1) is 25.7 Å². The molecule has 36 heavy (non-hydrogen) atoms. The summed E-state index contributed by atoms with van der Waals surface area (Å²) in [4.78, 5) is 28.5. The van der Waals surface area contributed by atoms with Gasteiger partial charge in [0.15, 0.2) is 0 Å². The predicted molar refractivity (Wildman–Crippen MR) is 131 cm³/mol. The van der Waals surface area contributed by atoms with Crippen LogP contribution in [0.15, 0.2) is 58.4 Å². The topological polar surface area (TPSA) is 82.9 Å². The number of piperazine rings is 1. The van der Waals surface area contributed by atoms with Crippen LogP contribution < -0.4 is 0 Å². The van der Waals surface area contributed by atoms with Crippen molar-refractivity contribution in [3.05, 3.63) is 58.4 Å². The van der Waals surface area contributed by atoms with Gasteiger partial charge in [-0.15, -0.1) is 0 Å². The summed E-state index contributed by atoms with van der Waals surface area (Å²) in [6.45, 7) is 6.61.